The average molecular weight is 262 g/mol. The van der Waals surface area contributed by atoms with E-state index in [4.69, 9.17) is 5.11 Å². The third kappa shape index (κ3) is 2.91. The number of phenolic OH excluding ortho intramolecular Hbond substituents is 1. The van der Waals surface area contributed by atoms with E-state index >= 15 is 0 Å². The summed E-state index contributed by atoms with van der Waals surface area (Å²) in [7, 11) is 0. The van der Waals surface area contributed by atoms with Gasteiger partial charge in [-0.15, -0.1) is 0 Å². The third-order valence-corrected chi connectivity index (χ3v) is 4.31. The molecule has 0 bridgehead atoms. The highest BCUT2D eigenvalue weighted by atomic mass is 16.4. The van der Waals surface area contributed by atoms with Crippen LogP contribution in [0.15, 0.2) is 12.1 Å². The molecule has 1 aromatic carbocycles. The lowest BCUT2D eigenvalue weighted by Crippen LogP contribution is -2.06. The van der Waals surface area contributed by atoms with E-state index in [1.807, 2.05) is 13.8 Å². The molecule has 19 heavy (non-hydrogen) atoms. The smallest absolute Gasteiger partial charge is 0.306 e. The van der Waals surface area contributed by atoms with Gasteiger partial charge in [-0.2, -0.15) is 0 Å². The molecule has 1 fully saturated rings. The maximum absolute atomic E-state index is 10.9. The number of phenols is 1. The van der Waals surface area contributed by atoms with Crippen LogP contribution in [0, 0.1) is 25.7 Å². The Morgan fingerprint density at radius 1 is 1.37 bits per heavy atom. The SMILES string of the molecule is CCC(CC1CC1C(=O)O)c1c(C)cc(O)cc1C. The van der Waals surface area contributed by atoms with Crippen molar-refractivity contribution in [2.45, 2.75) is 46.0 Å². The second-order valence-corrected chi connectivity index (χ2v) is 5.77. The van der Waals surface area contributed by atoms with Crippen molar-refractivity contribution < 1.29 is 15.0 Å². The molecule has 3 heteroatoms. The Balaban J connectivity index is 2.17. The molecule has 2 rings (SSSR count). The molecule has 0 radical (unpaired) electrons. The van der Waals surface area contributed by atoms with Gasteiger partial charge in [-0.1, -0.05) is 6.92 Å². The van der Waals surface area contributed by atoms with Crippen molar-refractivity contribution in [1.29, 1.82) is 0 Å². The predicted molar refractivity (Wildman–Crippen MR) is 74.5 cm³/mol. The van der Waals surface area contributed by atoms with Gasteiger partial charge in [-0.3, -0.25) is 4.79 Å². The summed E-state index contributed by atoms with van der Waals surface area (Å²) < 4.78 is 0. The minimum Gasteiger partial charge on any atom is -0.508 e. The number of aryl methyl sites for hydroxylation is 2. The van der Waals surface area contributed by atoms with Crippen molar-refractivity contribution >= 4 is 5.97 Å². The topological polar surface area (TPSA) is 57.5 Å². The number of rotatable bonds is 5. The van der Waals surface area contributed by atoms with Crippen LogP contribution in [0.1, 0.15) is 48.8 Å². The fraction of sp³-hybridized carbons (Fsp3) is 0.562. The largest absolute Gasteiger partial charge is 0.508 e. The Morgan fingerprint density at radius 2 is 1.95 bits per heavy atom. The van der Waals surface area contributed by atoms with Gasteiger partial charge in [0.05, 0.1) is 5.92 Å². The minimum absolute atomic E-state index is 0.133. The van der Waals surface area contributed by atoms with E-state index in [0.29, 0.717) is 17.6 Å². The van der Waals surface area contributed by atoms with Gasteiger partial charge in [0.15, 0.2) is 0 Å². The lowest BCUT2D eigenvalue weighted by Gasteiger charge is -2.20. The van der Waals surface area contributed by atoms with Crippen LogP contribution in [0.3, 0.4) is 0 Å². The highest BCUT2D eigenvalue weighted by Crippen LogP contribution is 2.47. The summed E-state index contributed by atoms with van der Waals surface area (Å²) >= 11 is 0. The molecule has 0 aromatic heterocycles. The summed E-state index contributed by atoms with van der Waals surface area (Å²) in [4.78, 5) is 10.9. The lowest BCUT2D eigenvalue weighted by atomic mass is 9.85. The van der Waals surface area contributed by atoms with Crippen molar-refractivity contribution in [2.24, 2.45) is 11.8 Å². The predicted octanol–water partition coefficient (Wildman–Crippen LogP) is 3.61. The van der Waals surface area contributed by atoms with E-state index in [0.717, 1.165) is 30.4 Å². The number of benzene rings is 1. The van der Waals surface area contributed by atoms with E-state index in [1.165, 1.54) is 5.56 Å². The van der Waals surface area contributed by atoms with Crippen LogP contribution >= 0.6 is 0 Å². The number of carbonyl (C=O) groups is 1. The number of carboxylic acids is 1. The zero-order valence-electron chi connectivity index (χ0n) is 11.8. The van der Waals surface area contributed by atoms with Crippen LogP contribution in [0.5, 0.6) is 5.75 Å². The van der Waals surface area contributed by atoms with Gasteiger partial charge in [0, 0.05) is 0 Å². The van der Waals surface area contributed by atoms with Gasteiger partial charge in [-0.25, -0.2) is 0 Å². The summed E-state index contributed by atoms with van der Waals surface area (Å²) in [6, 6.07) is 3.60. The van der Waals surface area contributed by atoms with Crippen LogP contribution in [0.2, 0.25) is 0 Å². The fourth-order valence-electron chi connectivity index (χ4n) is 3.26. The first-order valence-electron chi connectivity index (χ1n) is 6.97. The molecule has 3 nitrogen and oxygen atoms in total. The van der Waals surface area contributed by atoms with E-state index < -0.39 is 5.97 Å². The molecule has 2 N–H and O–H groups in total. The molecule has 0 aliphatic heterocycles. The van der Waals surface area contributed by atoms with Gasteiger partial charge in [0.1, 0.15) is 5.75 Å². The maximum Gasteiger partial charge on any atom is 0.306 e. The van der Waals surface area contributed by atoms with E-state index in [1.54, 1.807) is 12.1 Å². The van der Waals surface area contributed by atoms with Gasteiger partial charge >= 0.3 is 5.97 Å². The number of aliphatic carboxylic acids is 1. The second-order valence-electron chi connectivity index (χ2n) is 5.77. The number of aromatic hydroxyl groups is 1. The van der Waals surface area contributed by atoms with Crippen molar-refractivity contribution in [2.75, 3.05) is 0 Å². The van der Waals surface area contributed by atoms with E-state index in [-0.39, 0.29) is 5.92 Å². The molecule has 0 spiro atoms. The van der Waals surface area contributed by atoms with E-state index in [2.05, 4.69) is 6.92 Å². The Kier molecular flexibility index (Phi) is 3.83. The van der Waals surface area contributed by atoms with Crippen LogP contribution in [0.25, 0.3) is 0 Å². The monoisotopic (exact) mass is 262 g/mol. The quantitative estimate of drug-likeness (QED) is 0.852. The molecule has 1 saturated carbocycles. The first-order chi connectivity index (χ1) is 8.93. The molecule has 1 aliphatic rings. The van der Waals surface area contributed by atoms with Crippen LogP contribution < -0.4 is 0 Å². The summed E-state index contributed by atoms with van der Waals surface area (Å²) in [5, 5.41) is 18.6. The molecular formula is C16H22O3. The summed E-state index contributed by atoms with van der Waals surface area (Å²) in [5.41, 5.74) is 3.50. The molecule has 1 aliphatic carbocycles. The molecular weight excluding hydrogens is 240 g/mol. The Labute approximate surface area is 114 Å². The van der Waals surface area contributed by atoms with Crippen LogP contribution in [-0.4, -0.2) is 16.2 Å². The minimum atomic E-state index is -0.654. The number of hydrogen-bond donors (Lipinski definition) is 2. The van der Waals surface area contributed by atoms with Gasteiger partial charge < -0.3 is 10.2 Å². The highest BCUT2D eigenvalue weighted by molar-refractivity contribution is 5.73. The van der Waals surface area contributed by atoms with Crippen LogP contribution in [-0.2, 0) is 4.79 Å². The van der Waals surface area contributed by atoms with Crippen molar-refractivity contribution in [3.8, 4) is 5.75 Å². The van der Waals surface area contributed by atoms with Crippen molar-refractivity contribution in [3.63, 3.8) is 0 Å². The molecule has 104 valence electrons. The third-order valence-electron chi connectivity index (χ3n) is 4.31. The average Bonchev–Trinajstić information content (AvgIpc) is 3.05. The van der Waals surface area contributed by atoms with Crippen molar-refractivity contribution in [3.05, 3.63) is 28.8 Å². The Morgan fingerprint density at radius 3 is 2.37 bits per heavy atom. The van der Waals surface area contributed by atoms with Gasteiger partial charge in [0.2, 0.25) is 0 Å². The lowest BCUT2D eigenvalue weighted by molar-refractivity contribution is -0.138. The van der Waals surface area contributed by atoms with Gasteiger partial charge in [0.25, 0.3) is 0 Å². The highest BCUT2D eigenvalue weighted by Gasteiger charge is 2.44. The maximum atomic E-state index is 10.9. The number of hydrogen-bond acceptors (Lipinski definition) is 2. The Bertz CT molecular complexity index is 470. The molecule has 3 unspecified atom stereocenters. The van der Waals surface area contributed by atoms with Gasteiger partial charge in [-0.05, 0) is 73.8 Å². The normalized spacial score (nSPS) is 23.1. The standard InChI is InChI=1S/C16H22O3/c1-4-11(7-12-8-14(12)16(18)19)15-9(2)5-13(17)6-10(15)3/h5-6,11-12,14,17H,4,7-8H2,1-3H3,(H,18,19). The first-order valence-corrected chi connectivity index (χ1v) is 6.97. The molecule has 0 saturated heterocycles. The van der Waals surface area contributed by atoms with Crippen molar-refractivity contribution in [1.82, 2.24) is 0 Å². The molecule has 3 atom stereocenters. The Hall–Kier alpha value is -1.51. The zero-order valence-corrected chi connectivity index (χ0v) is 11.8. The molecule has 0 amide bonds. The fourth-order valence-corrected chi connectivity index (χ4v) is 3.26. The molecule has 1 aromatic rings. The summed E-state index contributed by atoms with van der Waals surface area (Å²) in [6.07, 6.45) is 2.78. The second kappa shape index (κ2) is 5.24. The first kappa shape index (κ1) is 13.9. The summed E-state index contributed by atoms with van der Waals surface area (Å²) in [6.45, 7) is 6.19. The van der Waals surface area contributed by atoms with Crippen LogP contribution in [0.4, 0.5) is 0 Å². The zero-order chi connectivity index (χ0) is 14.2. The number of carboxylic acid groups (broad SMARTS) is 1. The van der Waals surface area contributed by atoms with E-state index in [9.17, 15) is 9.90 Å². The molecule has 0 heterocycles. The summed E-state index contributed by atoms with van der Waals surface area (Å²) in [5.74, 6) is 0.249.